The molecule has 0 spiro atoms. The SMILES string of the molecule is C[C@]12CC[C@@H]3c4ccc(O)cc4CC[C@H]3[C@@H]1[C@@H](CCCC(=O)NCc1ccc(O)c(O)c1)CC2(F)F. The summed E-state index contributed by atoms with van der Waals surface area (Å²) in [5.41, 5.74) is 2.04. The van der Waals surface area contributed by atoms with Crippen LogP contribution >= 0.6 is 0 Å². The van der Waals surface area contributed by atoms with Crippen LogP contribution < -0.4 is 5.32 Å². The number of hydrogen-bond donors (Lipinski definition) is 4. The molecule has 194 valence electrons. The van der Waals surface area contributed by atoms with Crippen LogP contribution in [0.3, 0.4) is 0 Å². The maximum atomic E-state index is 15.4. The number of nitrogens with one attached hydrogen (secondary N) is 1. The van der Waals surface area contributed by atoms with Crippen LogP contribution in [0.25, 0.3) is 0 Å². The van der Waals surface area contributed by atoms with Gasteiger partial charge in [0.2, 0.25) is 5.91 Å². The predicted molar refractivity (Wildman–Crippen MR) is 132 cm³/mol. The first-order chi connectivity index (χ1) is 17.1. The second-order valence-corrected chi connectivity index (χ2v) is 11.3. The molecule has 0 aromatic heterocycles. The summed E-state index contributed by atoms with van der Waals surface area (Å²) in [6.45, 7) is 2.02. The van der Waals surface area contributed by atoms with Crippen LogP contribution in [-0.2, 0) is 17.8 Å². The second-order valence-electron chi connectivity index (χ2n) is 11.3. The summed E-state index contributed by atoms with van der Waals surface area (Å²) in [6.07, 6.45) is 4.27. The van der Waals surface area contributed by atoms with Crippen LogP contribution in [0, 0.1) is 23.2 Å². The summed E-state index contributed by atoms with van der Waals surface area (Å²) in [5.74, 6) is -2.76. The Balaban J connectivity index is 1.23. The number of carbonyl (C=O) groups is 1. The molecule has 2 aromatic carbocycles. The van der Waals surface area contributed by atoms with Gasteiger partial charge in [0.1, 0.15) is 5.75 Å². The van der Waals surface area contributed by atoms with Crippen molar-refractivity contribution in [2.45, 2.75) is 76.7 Å². The lowest BCUT2D eigenvalue weighted by Gasteiger charge is -2.51. The number of benzene rings is 2. The molecule has 3 aliphatic carbocycles. The van der Waals surface area contributed by atoms with Crippen molar-refractivity contribution in [1.82, 2.24) is 5.32 Å². The molecule has 4 N–H and O–H groups in total. The molecule has 0 saturated heterocycles. The summed E-state index contributed by atoms with van der Waals surface area (Å²) < 4.78 is 30.9. The van der Waals surface area contributed by atoms with Gasteiger partial charge in [-0.25, -0.2) is 8.78 Å². The van der Waals surface area contributed by atoms with Crippen molar-refractivity contribution >= 4 is 5.91 Å². The summed E-state index contributed by atoms with van der Waals surface area (Å²) in [7, 11) is 0. The van der Waals surface area contributed by atoms with Gasteiger partial charge in [-0.2, -0.15) is 0 Å². The van der Waals surface area contributed by atoms with Gasteiger partial charge in [-0.15, -0.1) is 0 Å². The Bertz CT molecular complexity index is 1150. The molecule has 5 atom stereocenters. The maximum absolute atomic E-state index is 15.4. The van der Waals surface area contributed by atoms with E-state index in [9.17, 15) is 20.1 Å². The molecule has 2 fully saturated rings. The smallest absolute Gasteiger partial charge is 0.253 e. The first kappa shape index (κ1) is 24.8. The van der Waals surface area contributed by atoms with Gasteiger partial charge in [0, 0.05) is 24.8 Å². The monoisotopic (exact) mass is 499 g/mol. The Morgan fingerprint density at radius 3 is 2.67 bits per heavy atom. The highest BCUT2D eigenvalue weighted by Gasteiger charge is 2.67. The zero-order valence-electron chi connectivity index (χ0n) is 20.6. The Morgan fingerprint density at radius 2 is 1.89 bits per heavy atom. The van der Waals surface area contributed by atoms with Crippen molar-refractivity contribution in [2.24, 2.45) is 23.2 Å². The summed E-state index contributed by atoms with van der Waals surface area (Å²) in [6, 6.07) is 9.94. The predicted octanol–water partition coefficient (Wildman–Crippen LogP) is 6.01. The average molecular weight is 500 g/mol. The zero-order valence-corrected chi connectivity index (χ0v) is 20.6. The molecular formula is C29H35F2NO4. The third-order valence-electron chi connectivity index (χ3n) is 9.33. The van der Waals surface area contributed by atoms with Crippen LogP contribution in [-0.4, -0.2) is 27.1 Å². The number of amides is 1. The largest absolute Gasteiger partial charge is 0.508 e. The number of phenols is 3. The highest BCUT2D eigenvalue weighted by Crippen LogP contribution is 2.68. The fourth-order valence-electron chi connectivity index (χ4n) is 7.58. The van der Waals surface area contributed by atoms with Crippen LogP contribution in [0.4, 0.5) is 8.78 Å². The minimum absolute atomic E-state index is 0.0729. The molecule has 2 aromatic rings. The van der Waals surface area contributed by atoms with E-state index in [-0.39, 0.29) is 66.2 Å². The van der Waals surface area contributed by atoms with Crippen LogP contribution in [0.5, 0.6) is 17.2 Å². The van der Waals surface area contributed by atoms with Gasteiger partial charge in [-0.1, -0.05) is 19.1 Å². The van der Waals surface area contributed by atoms with E-state index in [1.807, 2.05) is 12.1 Å². The summed E-state index contributed by atoms with van der Waals surface area (Å²) >= 11 is 0. The van der Waals surface area contributed by atoms with E-state index in [0.29, 0.717) is 24.8 Å². The van der Waals surface area contributed by atoms with Crippen molar-refractivity contribution < 1.29 is 28.9 Å². The van der Waals surface area contributed by atoms with Gasteiger partial charge >= 0.3 is 0 Å². The highest BCUT2D eigenvalue weighted by atomic mass is 19.3. The quantitative estimate of drug-likeness (QED) is 0.367. The molecule has 36 heavy (non-hydrogen) atoms. The fourth-order valence-corrected chi connectivity index (χ4v) is 7.58. The van der Waals surface area contributed by atoms with Crippen molar-refractivity contribution in [3.63, 3.8) is 0 Å². The molecule has 0 bridgehead atoms. The Kier molecular flexibility index (Phi) is 6.38. The third-order valence-corrected chi connectivity index (χ3v) is 9.33. The number of phenolic OH excluding ortho intramolecular Hbond substituents is 3. The minimum Gasteiger partial charge on any atom is -0.508 e. The number of hydrogen-bond acceptors (Lipinski definition) is 4. The molecule has 7 heteroatoms. The van der Waals surface area contributed by atoms with Gasteiger partial charge < -0.3 is 20.6 Å². The maximum Gasteiger partial charge on any atom is 0.253 e. The van der Waals surface area contributed by atoms with E-state index in [0.717, 1.165) is 24.8 Å². The van der Waals surface area contributed by atoms with Gasteiger partial charge in [0.15, 0.2) is 11.5 Å². The molecule has 3 aliphatic rings. The van der Waals surface area contributed by atoms with Crippen LogP contribution in [0.15, 0.2) is 36.4 Å². The van der Waals surface area contributed by atoms with Gasteiger partial charge in [-0.05, 0) is 103 Å². The van der Waals surface area contributed by atoms with Crippen molar-refractivity contribution in [3.8, 4) is 17.2 Å². The van der Waals surface area contributed by atoms with Gasteiger partial charge in [-0.3, -0.25) is 4.79 Å². The number of carbonyl (C=O) groups excluding carboxylic acids is 1. The molecule has 1 amide bonds. The lowest BCUT2D eigenvalue weighted by molar-refractivity contribution is -0.133. The van der Waals surface area contributed by atoms with Crippen LogP contribution in [0.2, 0.25) is 0 Å². The molecule has 0 unspecified atom stereocenters. The van der Waals surface area contributed by atoms with Crippen molar-refractivity contribution in [2.75, 3.05) is 0 Å². The number of alkyl halides is 2. The van der Waals surface area contributed by atoms with Crippen molar-refractivity contribution in [1.29, 1.82) is 0 Å². The second kappa shape index (κ2) is 9.24. The molecule has 0 radical (unpaired) electrons. The van der Waals surface area contributed by atoms with E-state index in [1.165, 1.54) is 17.7 Å². The summed E-state index contributed by atoms with van der Waals surface area (Å²) in [4.78, 5) is 12.4. The number of aryl methyl sites for hydroxylation is 1. The topological polar surface area (TPSA) is 89.8 Å². The fraction of sp³-hybridized carbons (Fsp3) is 0.552. The highest BCUT2D eigenvalue weighted by molar-refractivity contribution is 5.75. The van der Waals surface area contributed by atoms with Crippen LogP contribution in [0.1, 0.15) is 74.5 Å². The number of rotatable bonds is 6. The molecule has 0 heterocycles. The lowest BCUT2D eigenvalue weighted by Crippen LogP contribution is -2.47. The molecular weight excluding hydrogens is 464 g/mol. The molecule has 0 aliphatic heterocycles. The first-order valence-electron chi connectivity index (χ1n) is 13.1. The number of aromatic hydroxyl groups is 3. The first-order valence-corrected chi connectivity index (χ1v) is 13.1. The Hall–Kier alpha value is -2.83. The van der Waals surface area contributed by atoms with Gasteiger partial charge in [0.25, 0.3) is 5.92 Å². The normalized spacial score (nSPS) is 30.2. The van der Waals surface area contributed by atoms with E-state index >= 15 is 8.78 Å². The third kappa shape index (κ3) is 4.31. The van der Waals surface area contributed by atoms with E-state index in [1.54, 1.807) is 19.1 Å². The standard InChI is InChI=1S/C29H35F2NO4/c1-28-12-11-22-21-9-7-20(33)14-18(21)6-8-23(22)27(28)19(15-29(28,30)31)3-2-4-26(36)32-16-17-5-10-24(34)25(35)13-17/h5,7,9-10,13-14,19,22-23,27,33-35H,2-4,6,8,11-12,15-16H2,1H3,(H,32,36)/t19-,22+,23+,27-,28-/m0/s1. The molecule has 5 nitrogen and oxygen atoms in total. The minimum atomic E-state index is -2.70. The Labute approximate surface area is 210 Å². The van der Waals surface area contributed by atoms with Gasteiger partial charge in [0.05, 0.1) is 0 Å². The van der Waals surface area contributed by atoms with E-state index < -0.39 is 11.3 Å². The lowest BCUT2D eigenvalue weighted by atomic mass is 9.53. The number of halogens is 2. The van der Waals surface area contributed by atoms with Crippen molar-refractivity contribution in [3.05, 3.63) is 53.1 Å². The number of fused-ring (bicyclic) bond motifs is 5. The molecule has 5 rings (SSSR count). The molecule has 2 saturated carbocycles. The Morgan fingerprint density at radius 1 is 1.08 bits per heavy atom. The van der Waals surface area contributed by atoms with E-state index in [4.69, 9.17) is 0 Å². The zero-order chi connectivity index (χ0) is 25.7. The summed E-state index contributed by atoms with van der Waals surface area (Å²) in [5, 5.41) is 31.7. The average Bonchev–Trinajstić information content (AvgIpc) is 3.04. The van der Waals surface area contributed by atoms with E-state index in [2.05, 4.69) is 5.32 Å².